The third kappa shape index (κ3) is 1.46. The first-order valence-corrected chi connectivity index (χ1v) is 3.30. The second-order valence-electron chi connectivity index (χ2n) is 2.49. The second-order valence-corrected chi connectivity index (χ2v) is 2.49. The van der Waals surface area contributed by atoms with Gasteiger partial charge in [0.15, 0.2) is 0 Å². The van der Waals surface area contributed by atoms with Crippen LogP contribution in [-0.4, -0.2) is 18.6 Å². The standard InChI is InChI=1S/C6H14N2/c1-5-6(8-5)3-2-4-7/h5-6,8H,2-4,7H2,1H3. The fraction of sp³-hybridized carbons (Fsp3) is 1.00. The van der Waals surface area contributed by atoms with E-state index in [1.807, 2.05) is 0 Å². The predicted molar refractivity (Wildman–Crippen MR) is 34.7 cm³/mol. The minimum Gasteiger partial charge on any atom is -0.330 e. The summed E-state index contributed by atoms with van der Waals surface area (Å²) in [5.41, 5.74) is 5.32. The van der Waals surface area contributed by atoms with Crippen molar-refractivity contribution in [1.82, 2.24) is 5.32 Å². The van der Waals surface area contributed by atoms with E-state index < -0.39 is 0 Å². The highest BCUT2D eigenvalue weighted by molar-refractivity contribution is 4.93. The predicted octanol–water partition coefficient (Wildman–Crippen LogP) is 0.0856. The molecule has 0 aliphatic carbocycles. The lowest BCUT2D eigenvalue weighted by molar-refractivity contribution is 0.722. The molecule has 8 heavy (non-hydrogen) atoms. The molecule has 0 saturated carbocycles. The Bertz CT molecular complexity index is 72.9. The van der Waals surface area contributed by atoms with Crippen molar-refractivity contribution >= 4 is 0 Å². The molecule has 2 heteroatoms. The third-order valence-corrected chi connectivity index (χ3v) is 1.69. The van der Waals surface area contributed by atoms with E-state index in [1.54, 1.807) is 0 Å². The van der Waals surface area contributed by atoms with Gasteiger partial charge in [-0.05, 0) is 26.3 Å². The molecule has 1 saturated heterocycles. The van der Waals surface area contributed by atoms with E-state index in [-0.39, 0.29) is 0 Å². The Hall–Kier alpha value is -0.0800. The van der Waals surface area contributed by atoms with E-state index >= 15 is 0 Å². The normalized spacial score (nSPS) is 35.2. The summed E-state index contributed by atoms with van der Waals surface area (Å²) in [5, 5.41) is 3.31. The van der Waals surface area contributed by atoms with Crippen LogP contribution >= 0.6 is 0 Å². The topological polar surface area (TPSA) is 48.0 Å². The lowest BCUT2D eigenvalue weighted by Gasteiger charge is -1.89. The first kappa shape index (κ1) is 6.05. The SMILES string of the molecule is CC1NC1CCCN. The summed E-state index contributed by atoms with van der Waals surface area (Å²) in [6, 6.07) is 1.56. The first-order valence-electron chi connectivity index (χ1n) is 3.30. The number of nitrogens with one attached hydrogen (secondary N) is 1. The molecule has 1 aliphatic rings. The third-order valence-electron chi connectivity index (χ3n) is 1.69. The molecular weight excluding hydrogens is 100 g/mol. The molecule has 0 radical (unpaired) electrons. The molecule has 1 rings (SSSR count). The molecule has 1 fully saturated rings. The maximum Gasteiger partial charge on any atom is 0.0222 e. The molecular formula is C6H14N2. The summed E-state index contributed by atoms with van der Waals surface area (Å²) in [5.74, 6) is 0. The van der Waals surface area contributed by atoms with Crippen molar-refractivity contribution < 1.29 is 0 Å². The molecule has 0 aromatic carbocycles. The number of hydrogen-bond donors (Lipinski definition) is 2. The molecule has 0 spiro atoms. The van der Waals surface area contributed by atoms with Crippen molar-refractivity contribution in [1.29, 1.82) is 0 Å². The van der Waals surface area contributed by atoms with Crippen LogP contribution in [0.2, 0.25) is 0 Å². The van der Waals surface area contributed by atoms with E-state index in [2.05, 4.69) is 12.2 Å². The van der Waals surface area contributed by atoms with Crippen molar-refractivity contribution in [3.8, 4) is 0 Å². The average Bonchev–Trinajstić information content (AvgIpc) is 2.42. The highest BCUT2D eigenvalue weighted by Gasteiger charge is 2.29. The van der Waals surface area contributed by atoms with Gasteiger partial charge in [0, 0.05) is 12.1 Å². The maximum atomic E-state index is 5.32. The van der Waals surface area contributed by atoms with Gasteiger partial charge in [0.25, 0.3) is 0 Å². The summed E-state index contributed by atoms with van der Waals surface area (Å²) in [6.45, 7) is 3.05. The summed E-state index contributed by atoms with van der Waals surface area (Å²) < 4.78 is 0. The van der Waals surface area contributed by atoms with Crippen LogP contribution in [0.5, 0.6) is 0 Å². The van der Waals surface area contributed by atoms with Crippen molar-refractivity contribution in [2.24, 2.45) is 5.73 Å². The number of rotatable bonds is 3. The van der Waals surface area contributed by atoms with Gasteiger partial charge in [0.2, 0.25) is 0 Å². The van der Waals surface area contributed by atoms with Crippen LogP contribution in [0.1, 0.15) is 19.8 Å². The van der Waals surface area contributed by atoms with Crippen molar-refractivity contribution in [2.75, 3.05) is 6.54 Å². The highest BCUT2D eigenvalue weighted by Crippen LogP contribution is 2.14. The van der Waals surface area contributed by atoms with E-state index in [9.17, 15) is 0 Å². The minimum atomic E-state index is 0.765. The Morgan fingerprint density at radius 3 is 2.62 bits per heavy atom. The van der Waals surface area contributed by atoms with Crippen LogP contribution in [0.25, 0.3) is 0 Å². The molecule has 0 aromatic heterocycles. The smallest absolute Gasteiger partial charge is 0.0222 e. The zero-order chi connectivity index (χ0) is 5.98. The zero-order valence-electron chi connectivity index (χ0n) is 5.35. The molecule has 0 aromatic rings. The fourth-order valence-corrected chi connectivity index (χ4v) is 0.953. The molecule has 1 aliphatic heterocycles. The Balaban J connectivity index is 1.89. The lowest BCUT2D eigenvalue weighted by Crippen LogP contribution is -2.01. The van der Waals surface area contributed by atoms with Crippen LogP contribution in [-0.2, 0) is 0 Å². The molecule has 0 amide bonds. The Kier molecular flexibility index (Phi) is 1.86. The molecule has 1 heterocycles. The summed E-state index contributed by atoms with van der Waals surface area (Å²) in [4.78, 5) is 0. The summed E-state index contributed by atoms with van der Waals surface area (Å²) >= 11 is 0. The molecule has 2 nitrogen and oxygen atoms in total. The van der Waals surface area contributed by atoms with Gasteiger partial charge in [-0.15, -0.1) is 0 Å². The molecule has 3 N–H and O–H groups in total. The van der Waals surface area contributed by atoms with Crippen molar-refractivity contribution in [2.45, 2.75) is 31.8 Å². The molecule has 48 valence electrons. The van der Waals surface area contributed by atoms with E-state index in [4.69, 9.17) is 5.73 Å². The van der Waals surface area contributed by atoms with Crippen LogP contribution in [0.3, 0.4) is 0 Å². The van der Waals surface area contributed by atoms with Gasteiger partial charge in [-0.2, -0.15) is 0 Å². The van der Waals surface area contributed by atoms with Crippen LogP contribution in [0.15, 0.2) is 0 Å². The van der Waals surface area contributed by atoms with E-state index in [1.165, 1.54) is 12.8 Å². The van der Waals surface area contributed by atoms with Gasteiger partial charge in [-0.1, -0.05) is 0 Å². The maximum absolute atomic E-state index is 5.32. The molecule has 2 atom stereocenters. The summed E-state index contributed by atoms with van der Waals surface area (Å²) in [7, 11) is 0. The van der Waals surface area contributed by atoms with Crippen molar-refractivity contribution in [3.63, 3.8) is 0 Å². The van der Waals surface area contributed by atoms with Crippen molar-refractivity contribution in [3.05, 3.63) is 0 Å². The number of hydrogen-bond acceptors (Lipinski definition) is 2. The highest BCUT2D eigenvalue weighted by atomic mass is 15.1. The monoisotopic (exact) mass is 114 g/mol. The second kappa shape index (κ2) is 2.46. The Morgan fingerprint density at radius 1 is 1.62 bits per heavy atom. The zero-order valence-corrected chi connectivity index (χ0v) is 5.35. The van der Waals surface area contributed by atoms with Gasteiger partial charge >= 0.3 is 0 Å². The Morgan fingerprint density at radius 2 is 2.25 bits per heavy atom. The average molecular weight is 114 g/mol. The minimum absolute atomic E-state index is 0.765. The number of nitrogens with two attached hydrogens (primary N) is 1. The van der Waals surface area contributed by atoms with E-state index in [0.717, 1.165) is 18.6 Å². The van der Waals surface area contributed by atoms with Gasteiger partial charge in [-0.25, -0.2) is 0 Å². The van der Waals surface area contributed by atoms with Crippen LogP contribution in [0, 0.1) is 0 Å². The lowest BCUT2D eigenvalue weighted by atomic mass is 10.2. The van der Waals surface area contributed by atoms with Crippen LogP contribution in [0.4, 0.5) is 0 Å². The van der Waals surface area contributed by atoms with Crippen LogP contribution < -0.4 is 11.1 Å². The van der Waals surface area contributed by atoms with Gasteiger partial charge in [0.05, 0.1) is 0 Å². The molecule has 2 unspecified atom stereocenters. The Labute approximate surface area is 50.4 Å². The molecule has 0 bridgehead atoms. The first-order chi connectivity index (χ1) is 3.84. The van der Waals surface area contributed by atoms with Gasteiger partial charge < -0.3 is 11.1 Å². The van der Waals surface area contributed by atoms with E-state index in [0.29, 0.717) is 0 Å². The largest absolute Gasteiger partial charge is 0.330 e. The summed E-state index contributed by atoms with van der Waals surface area (Å²) in [6.07, 6.45) is 2.43. The van der Waals surface area contributed by atoms with Gasteiger partial charge in [-0.3, -0.25) is 0 Å². The quantitative estimate of drug-likeness (QED) is 0.511. The van der Waals surface area contributed by atoms with Gasteiger partial charge in [0.1, 0.15) is 0 Å². The fourth-order valence-electron chi connectivity index (χ4n) is 0.953.